The van der Waals surface area contributed by atoms with Crippen molar-refractivity contribution in [2.45, 2.75) is 24.2 Å². The molecule has 1 aromatic carbocycles. The van der Waals surface area contributed by atoms with Crippen LogP contribution in [0.5, 0.6) is 0 Å². The SMILES string of the molecule is C#CCCCCNS(=O)(=O)c1c(N)cccc1Cl. The van der Waals surface area contributed by atoms with E-state index in [0.29, 0.717) is 19.4 Å². The molecule has 0 radical (unpaired) electrons. The number of hydrogen-bond acceptors (Lipinski definition) is 3. The Morgan fingerprint density at radius 2 is 2.11 bits per heavy atom. The monoisotopic (exact) mass is 286 g/mol. The van der Waals surface area contributed by atoms with Gasteiger partial charge in [-0.3, -0.25) is 0 Å². The molecule has 0 aliphatic rings. The number of sulfonamides is 1. The normalized spacial score (nSPS) is 11.1. The first-order chi connectivity index (χ1) is 8.49. The van der Waals surface area contributed by atoms with Gasteiger partial charge >= 0.3 is 0 Å². The molecule has 98 valence electrons. The summed E-state index contributed by atoms with van der Waals surface area (Å²) < 4.78 is 26.4. The number of hydrogen-bond donors (Lipinski definition) is 2. The third kappa shape index (κ3) is 3.91. The molecule has 0 aliphatic carbocycles. The highest BCUT2D eigenvalue weighted by molar-refractivity contribution is 7.89. The van der Waals surface area contributed by atoms with E-state index < -0.39 is 10.0 Å². The van der Waals surface area contributed by atoms with Crippen molar-refractivity contribution in [2.75, 3.05) is 12.3 Å². The van der Waals surface area contributed by atoms with Gasteiger partial charge < -0.3 is 5.73 Å². The van der Waals surface area contributed by atoms with Crippen LogP contribution in [-0.2, 0) is 10.0 Å². The van der Waals surface area contributed by atoms with Crippen molar-refractivity contribution in [3.63, 3.8) is 0 Å². The number of nitrogens with one attached hydrogen (secondary N) is 1. The summed E-state index contributed by atoms with van der Waals surface area (Å²) in [6, 6.07) is 4.59. The fourth-order valence-electron chi connectivity index (χ4n) is 1.44. The van der Waals surface area contributed by atoms with Crippen molar-refractivity contribution in [3.8, 4) is 12.3 Å². The zero-order chi connectivity index (χ0) is 13.6. The molecule has 0 atom stereocenters. The van der Waals surface area contributed by atoms with Crippen molar-refractivity contribution < 1.29 is 8.42 Å². The molecular formula is C12H15ClN2O2S. The van der Waals surface area contributed by atoms with Crippen LogP contribution >= 0.6 is 11.6 Å². The molecule has 1 aromatic rings. The Hall–Kier alpha value is -1.22. The van der Waals surface area contributed by atoms with Crippen LogP contribution in [-0.4, -0.2) is 15.0 Å². The topological polar surface area (TPSA) is 72.2 Å². The van der Waals surface area contributed by atoms with Gasteiger partial charge in [-0.05, 0) is 25.0 Å². The molecule has 0 spiro atoms. The van der Waals surface area contributed by atoms with E-state index in [1.165, 1.54) is 12.1 Å². The smallest absolute Gasteiger partial charge is 0.244 e. The van der Waals surface area contributed by atoms with Crippen LogP contribution in [0.1, 0.15) is 19.3 Å². The average Bonchev–Trinajstić information content (AvgIpc) is 2.28. The predicted octanol–water partition coefficient (Wildman–Crippen LogP) is 2.00. The Morgan fingerprint density at radius 3 is 2.72 bits per heavy atom. The zero-order valence-corrected chi connectivity index (χ0v) is 11.4. The molecule has 0 aromatic heterocycles. The number of rotatable bonds is 6. The van der Waals surface area contributed by atoms with Crippen molar-refractivity contribution in [3.05, 3.63) is 23.2 Å². The molecule has 0 saturated carbocycles. The molecular weight excluding hydrogens is 272 g/mol. The third-order valence-electron chi connectivity index (χ3n) is 2.31. The van der Waals surface area contributed by atoms with Gasteiger partial charge in [0.25, 0.3) is 0 Å². The average molecular weight is 287 g/mol. The minimum atomic E-state index is -3.67. The molecule has 4 nitrogen and oxygen atoms in total. The lowest BCUT2D eigenvalue weighted by atomic mass is 10.2. The molecule has 0 fully saturated rings. The number of halogens is 1. The molecule has 1 rings (SSSR count). The third-order valence-corrected chi connectivity index (χ3v) is 4.31. The summed E-state index contributed by atoms with van der Waals surface area (Å²) in [5, 5.41) is 0.117. The number of benzene rings is 1. The van der Waals surface area contributed by atoms with Crippen molar-refractivity contribution >= 4 is 27.3 Å². The molecule has 6 heteroatoms. The standard InChI is InChI=1S/C12H15ClN2O2S/c1-2-3-4-5-9-15-18(16,17)12-10(13)7-6-8-11(12)14/h1,6-8,15H,3-5,9,14H2. The number of terminal acetylenes is 1. The second-order valence-corrected chi connectivity index (χ2v) is 5.83. The summed E-state index contributed by atoms with van der Waals surface area (Å²) in [5.41, 5.74) is 5.77. The number of nitrogen functional groups attached to an aromatic ring is 1. The maximum Gasteiger partial charge on any atom is 0.244 e. The molecule has 0 heterocycles. The molecule has 0 bridgehead atoms. The van der Waals surface area contributed by atoms with E-state index in [9.17, 15) is 8.42 Å². The first kappa shape index (κ1) is 14.8. The van der Waals surface area contributed by atoms with Crippen LogP contribution in [0, 0.1) is 12.3 Å². The highest BCUT2D eigenvalue weighted by Crippen LogP contribution is 2.26. The van der Waals surface area contributed by atoms with Crippen molar-refractivity contribution in [1.82, 2.24) is 4.72 Å². The molecule has 0 aliphatic heterocycles. The van der Waals surface area contributed by atoms with Gasteiger partial charge in [-0.25, -0.2) is 13.1 Å². The quantitative estimate of drug-likeness (QED) is 0.477. The minimum absolute atomic E-state index is 0.0661. The van der Waals surface area contributed by atoms with E-state index in [-0.39, 0.29) is 15.6 Å². The van der Waals surface area contributed by atoms with Crippen LogP contribution in [0.3, 0.4) is 0 Å². The molecule has 0 amide bonds. The highest BCUT2D eigenvalue weighted by atomic mass is 35.5. The second kappa shape index (κ2) is 6.64. The minimum Gasteiger partial charge on any atom is -0.398 e. The number of unbranched alkanes of at least 4 members (excludes halogenated alkanes) is 2. The maximum absolute atomic E-state index is 12.0. The van der Waals surface area contributed by atoms with Gasteiger partial charge in [0.2, 0.25) is 10.0 Å². The summed E-state index contributed by atoms with van der Waals surface area (Å²) in [6.45, 7) is 0.314. The van der Waals surface area contributed by atoms with Crippen LogP contribution < -0.4 is 10.5 Å². The zero-order valence-electron chi connectivity index (χ0n) is 9.82. The van der Waals surface area contributed by atoms with Gasteiger partial charge in [0, 0.05) is 13.0 Å². The molecule has 0 saturated heterocycles. The molecule has 18 heavy (non-hydrogen) atoms. The summed E-state index contributed by atoms with van der Waals surface area (Å²) >= 11 is 5.85. The van der Waals surface area contributed by atoms with Gasteiger partial charge in [-0.1, -0.05) is 17.7 Å². The van der Waals surface area contributed by atoms with Crippen LogP contribution in [0.25, 0.3) is 0 Å². The van der Waals surface area contributed by atoms with E-state index in [4.69, 9.17) is 23.8 Å². The molecule has 0 unspecified atom stereocenters. The molecule has 3 N–H and O–H groups in total. The van der Waals surface area contributed by atoms with Gasteiger partial charge in [0.15, 0.2) is 0 Å². The fraction of sp³-hybridized carbons (Fsp3) is 0.333. The Balaban J connectivity index is 2.73. The summed E-state index contributed by atoms with van der Waals surface area (Å²) in [5.74, 6) is 2.50. The van der Waals surface area contributed by atoms with Gasteiger partial charge in [0.05, 0.1) is 10.7 Å². The van der Waals surface area contributed by atoms with Gasteiger partial charge in [0.1, 0.15) is 4.90 Å². The predicted molar refractivity (Wildman–Crippen MR) is 73.7 cm³/mol. The Morgan fingerprint density at radius 1 is 1.39 bits per heavy atom. The first-order valence-corrected chi connectivity index (χ1v) is 7.32. The largest absolute Gasteiger partial charge is 0.398 e. The summed E-state index contributed by atoms with van der Waals surface area (Å²) in [7, 11) is -3.67. The Labute approximate surface area is 113 Å². The lowest BCUT2D eigenvalue weighted by Crippen LogP contribution is -2.26. The van der Waals surface area contributed by atoms with Crippen LogP contribution in [0.2, 0.25) is 5.02 Å². The van der Waals surface area contributed by atoms with E-state index in [1.807, 2.05) is 0 Å². The number of anilines is 1. The van der Waals surface area contributed by atoms with E-state index in [0.717, 1.165) is 6.42 Å². The Kier molecular flexibility index (Phi) is 5.48. The lowest BCUT2D eigenvalue weighted by Gasteiger charge is -2.10. The summed E-state index contributed by atoms with van der Waals surface area (Å²) in [4.78, 5) is -0.0661. The summed E-state index contributed by atoms with van der Waals surface area (Å²) in [6.07, 6.45) is 7.19. The highest BCUT2D eigenvalue weighted by Gasteiger charge is 2.20. The first-order valence-electron chi connectivity index (χ1n) is 5.46. The maximum atomic E-state index is 12.0. The van der Waals surface area contributed by atoms with Crippen LogP contribution in [0.15, 0.2) is 23.1 Å². The van der Waals surface area contributed by atoms with Crippen LogP contribution in [0.4, 0.5) is 5.69 Å². The number of nitrogens with two attached hydrogens (primary N) is 1. The fourth-order valence-corrected chi connectivity index (χ4v) is 3.19. The van der Waals surface area contributed by atoms with E-state index in [1.54, 1.807) is 6.07 Å². The van der Waals surface area contributed by atoms with Crippen molar-refractivity contribution in [2.24, 2.45) is 0 Å². The van der Waals surface area contributed by atoms with E-state index in [2.05, 4.69) is 10.6 Å². The lowest BCUT2D eigenvalue weighted by molar-refractivity contribution is 0.578. The van der Waals surface area contributed by atoms with Crippen molar-refractivity contribution in [1.29, 1.82) is 0 Å². The van der Waals surface area contributed by atoms with Gasteiger partial charge in [-0.2, -0.15) is 0 Å². The second-order valence-electron chi connectivity index (χ2n) is 3.72. The van der Waals surface area contributed by atoms with Gasteiger partial charge in [-0.15, -0.1) is 12.3 Å². The Bertz CT molecular complexity index is 529. The van der Waals surface area contributed by atoms with E-state index >= 15 is 0 Å².